The van der Waals surface area contributed by atoms with Gasteiger partial charge in [0.25, 0.3) is 5.91 Å². The quantitative estimate of drug-likeness (QED) is 0.0581. The van der Waals surface area contributed by atoms with Gasteiger partial charge in [0, 0.05) is 70.3 Å². The van der Waals surface area contributed by atoms with E-state index in [2.05, 4.69) is 45.3 Å². The van der Waals surface area contributed by atoms with E-state index in [0.717, 1.165) is 59.0 Å². The van der Waals surface area contributed by atoms with E-state index in [9.17, 15) is 24.0 Å². The molecule has 1 fully saturated rings. The fourth-order valence-electron chi connectivity index (χ4n) is 8.08. The Hall–Kier alpha value is -5.37. The number of fused-ring (bicyclic) bond motifs is 4. The van der Waals surface area contributed by atoms with Gasteiger partial charge in [-0.2, -0.15) is 0 Å². The largest absolute Gasteiger partial charge is 0.378 e. The summed E-state index contributed by atoms with van der Waals surface area (Å²) in [6.45, 7) is 10.8. The minimum Gasteiger partial charge on any atom is -0.378 e. The summed E-state index contributed by atoms with van der Waals surface area (Å²) in [4.78, 5) is 70.7. The van der Waals surface area contributed by atoms with Crippen LogP contribution in [0.1, 0.15) is 100 Å². The lowest BCUT2D eigenvalue weighted by molar-refractivity contribution is -0.137. The summed E-state index contributed by atoms with van der Waals surface area (Å²) in [5.41, 5.74) is 5.59. The number of unbranched alkanes of at least 4 members (excludes halogenated alkanes) is 2. The number of aliphatic imine (C=N–C) groups is 1. The van der Waals surface area contributed by atoms with E-state index in [1.54, 1.807) is 29.5 Å². The highest BCUT2D eigenvalue weighted by Crippen LogP contribution is 2.40. The average molecular weight is 931 g/mol. The Kier molecular flexibility index (Phi) is 16.6. The second-order valence-electron chi connectivity index (χ2n) is 16.1. The molecule has 65 heavy (non-hydrogen) atoms. The van der Waals surface area contributed by atoms with Crippen LogP contribution in [0.5, 0.6) is 0 Å². The maximum atomic E-state index is 13.2. The molecule has 346 valence electrons. The number of hydrogen-bond acceptors (Lipinski definition) is 13. The van der Waals surface area contributed by atoms with E-state index in [1.165, 1.54) is 9.78 Å². The summed E-state index contributed by atoms with van der Waals surface area (Å²) in [5, 5.41) is 22.0. The van der Waals surface area contributed by atoms with E-state index in [-0.39, 0.29) is 49.4 Å². The molecule has 3 aliphatic heterocycles. The minimum atomic E-state index is -0.705. The van der Waals surface area contributed by atoms with Crippen LogP contribution >= 0.6 is 22.9 Å². The predicted octanol–water partition coefficient (Wildman–Crippen LogP) is 4.91. The third-order valence-electron chi connectivity index (χ3n) is 11.6. The van der Waals surface area contributed by atoms with Gasteiger partial charge in [-0.3, -0.25) is 38.8 Å². The van der Waals surface area contributed by atoms with Gasteiger partial charge in [0.05, 0.1) is 51.8 Å². The van der Waals surface area contributed by atoms with Crippen LogP contribution in [0.25, 0.3) is 5.00 Å². The van der Waals surface area contributed by atoms with Gasteiger partial charge in [0.2, 0.25) is 23.6 Å². The first-order valence-corrected chi connectivity index (χ1v) is 23.3. The van der Waals surface area contributed by atoms with Crippen molar-refractivity contribution >= 4 is 63.9 Å². The zero-order chi connectivity index (χ0) is 45.9. The van der Waals surface area contributed by atoms with E-state index in [0.29, 0.717) is 86.8 Å². The van der Waals surface area contributed by atoms with Crippen molar-refractivity contribution in [1.82, 2.24) is 35.6 Å². The Morgan fingerprint density at radius 2 is 1.62 bits per heavy atom. The molecule has 1 saturated heterocycles. The number of imide groups is 1. The number of halogens is 1. The molecule has 4 N–H and O–H groups in total. The number of nitrogens with zero attached hydrogens (tertiary/aromatic N) is 5. The Bertz CT molecular complexity index is 2400. The molecule has 17 nitrogen and oxygen atoms in total. The number of benzene rings is 2. The molecule has 4 aromatic rings. The monoisotopic (exact) mass is 929 g/mol. The molecular weight excluding hydrogens is 874 g/mol. The van der Waals surface area contributed by atoms with Crippen molar-refractivity contribution in [2.24, 2.45) is 4.99 Å². The highest BCUT2D eigenvalue weighted by molar-refractivity contribution is 7.15. The van der Waals surface area contributed by atoms with Crippen molar-refractivity contribution in [3.8, 4) is 5.00 Å². The number of carbonyl (C=O) groups is 5. The molecule has 3 aliphatic rings. The first-order valence-electron chi connectivity index (χ1n) is 22.1. The first-order chi connectivity index (χ1) is 31.5. The van der Waals surface area contributed by atoms with Crippen molar-refractivity contribution < 1.29 is 38.2 Å². The van der Waals surface area contributed by atoms with E-state index in [1.807, 2.05) is 35.8 Å². The number of aryl methyl sites for hydroxylation is 2. The molecule has 2 atom stereocenters. The zero-order valence-electron chi connectivity index (χ0n) is 37.0. The molecule has 2 aromatic carbocycles. The summed E-state index contributed by atoms with van der Waals surface area (Å²) in [6.07, 6.45) is 3.44. The molecule has 0 spiro atoms. The Labute approximate surface area is 387 Å². The molecule has 19 heteroatoms. The topological polar surface area (TPSA) is 207 Å². The SMILES string of the molecule is Cc1sc2c(c1C)C(c1ccc(Cl)cc1)=N[C@@H](CC(=O)NCCOCCOCCOCCNCCCCCC(=O)Nc1cccc3c1CN(C1CCC(=O)NC1=O)C3=O)c1nnc(C)n1-2. The van der Waals surface area contributed by atoms with Gasteiger partial charge in [0.1, 0.15) is 22.9 Å². The van der Waals surface area contributed by atoms with E-state index in [4.69, 9.17) is 30.8 Å². The zero-order valence-corrected chi connectivity index (χ0v) is 38.6. The lowest BCUT2D eigenvalue weighted by Crippen LogP contribution is -2.52. The molecule has 5 heterocycles. The van der Waals surface area contributed by atoms with Crippen LogP contribution in [-0.4, -0.2) is 120 Å². The fraction of sp³-hybridized carbons (Fsp3) is 0.478. The Morgan fingerprint density at radius 1 is 0.877 bits per heavy atom. The van der Waals surface area contributed by atoms with Crippen LogP contribution in [0.15, 0.2) is 47.5 Å². The highest BCUT2D eigenvalue weighted by atomic mass is 35.5. The van der Waals surface area contributed by atoms with Crippen molar-refractivity contribution in [2.45, 2.75) is 84.3 Å². The highest BCUT2D eigenvalue weighted by Gasteiger charge is 2.40. The molecule has 1 unspecified atom stereocenters. The van der Waals surface area contributed by atoms with Gasteiger partial charge >= 0.3 is 0 Å². The van der Waals surface area contributed by atoms with Gasteiger partial charge in [-0.1, -0.05) is 36.2 Å². The van der Waals surface area contributed by atoms with Crippen molar-refractivity contribution in [3.05, 3.63) is 91.8 Å². The van der Waals surface area contributed by atoms with Crippen LogP contribution in [-0.2, 0) is 39.9 Å². The summed E-state index contributed by atoms with van der Waals surface area (Å²) < 4.78 is 19.0. The van der Waals surface area contributed by atoms with Gasteiger partial charge in [-0.05, 0) is 76.4 Å². The number of anilines is 1. The van der Waals surface area contributed by atoms with Crippen molar-refractivity contribution in [3.63, 3.8) is 0 Å². The molecule has 0 radical (unpaired) electrons. The minimum absolute atomic E-state index is 0.100. The summed E-state index contributed by atoms with van der Waals surface area (Å²) in [5.74, 6) is 0.00291. The number of piperidine rings is 1. The third-order valence-corrected chi connectivity index (χ3v) is 13.0. The summed E-state index contributed by atoms with van der Waals surface area (Å²) in [7, 11) is 0. The van der Waals surface area contributed by atoms with Gasteiger partial charge in [-0.15, -0.1) is 21.5 Å². The predicted molar refractivity (Wildman–Crippen MR) is 246 cm³/mol. The second-order valence-corrected chi connectivity index (χ2v) is 17.8. The van der Waals surface area contributed by atoms with E-state index < -0.39 is 18.0 Å². The van der Waals surface area contributed by atoms with Crippen LogP contribution in [0.4, 0.5) is 5.69 Å². The summed E-state index contributed by atoms with van der Waals surface area (Å²) in [6, 6.07) is 11.5. The van der Waals surface area contributed by atoms with E-state index >= 15 is 0 Å². The number of ether oxygens (including phenoxy) is 3. The van der Waals surface area contributed by atoms with Gasteiger partial charge < -0.3 is 35.1 Å². The van der Waals surface area contributed by atoms with Crippen molar-refractivity contribution in [1.29, 1.82) is 0 Å². The number of rotatable bonds is 23. The lowest BCUT2D eigenvalue weighted by Gasteiger charge is -2.29. The molecule has 5 amide bonds. The standard InChI is InChI=1S/C46H56ClN9O8S/c1-28-29(2)65-46-41(28)42(31-11-13-32(47)14-12-31)51-36(43-54-53-30(3)56(43)46)26-40(59)49-19-21-63-23-25-64-24-22-62-20-18-48-17-6-4-5-10-38(57)50-35-9-7-8-33-34(35)27-55(45(33)61)37-15-16-39(58)52-44(37)60/h7-9,11-14,36-37,48H,4-6,10,15-27H2,1-3H3,(H,49,59)(H,50,57)(H,52,58,60)/t36-,37?/m0/s1. The van der Waals surface area contributed by atoms with Gasteiger partial charge in [0.15, 0.2) is 5.82 Å². The molecule has 7 rings (SSSR count). The molecule has 2 aromatic heterocycles. The summed E-state index contributed by atoms with van der Waals surface area (Å²) >= 11 is 7.89. The smallest absolute Gasteiger partial charge is 0.255 e. The Balaban J connectivity index is 0.699. The number of aromatic nitrogens is 3. The molecule has 0 bridgehead atoms. The number of amides is 5. The fourth-order valence-corrected chi connectivity index (χ4v) is 9.42. The van der Waals surface area contributed by atoms with Crippen molar-refractivity contribution in [2.75, 3.05) is 64.6 Å². The van der Waals surface area contributed by atoms with Crippen LogP contribution in [0.3, 0.4) is 0 Å². The maximum Gasteiger partial charge on any atom is 0.255 e. The number of nitrogens with one attached hydrogen (secondary N) is 4. The normalized spacial score (nSPS) is 16.7. The first kappa shape index (κ1) is 47.6. The second kappa shape index (κ2) is 22.7. The average Bonchev–Trinajstić information content (AvgIpc) is 3.90. The third kappa shape index (κ3) is 11.9. The number of thiophene rings is 1. The Morgan fingerprint density at radius 3 is 2.37 bits per heavy atom. The van der Waals surface area contributed by atoms with Crippen LogP contribution < -0.4 is 21.3 Å². The molecular formula is C46H56ClN9O8S. The molecule has 0 saturated carbocycles. The number of hydrogen-bond donors (Lipinski definition) is 4. The molecule has 0 aliphatic carbocycles. The number of carbonyl (C=O) groups excluding carboxylic acids is 5. The maximum absolute atomic E-state index is 13.2. The van der Waals surface area contributed by atoms with Crippen LogP contribution in [0, 0.1) is 20.8 Å². The van der Waals surface area contributed by atoms with Crippen LogP contribution in [0.2, 0.25) is 5.02 Å². The lowest BCUT2D eigenvalue weighted by atomic mass is 9.99. The van der Waals surface area contributed by atoms with Gasteiger partial charge in [-0.25, -0.2) is 0 Å².